The Morgan fingerprint density at radius 1 is 1.20 bits per heavy atom. The summed E-state index contributed by atoms with van der Waals surface area (Å²) < 4.78 is 6.23. The molecule has 0 aliphatic heterocycles. The predicted octanol–water partition coefficient (Wildman–Crippen LogP) is 7.17. The number of aryl methyl sites for hydroxylation is 1. The Bertz CT molecular complexity index is 1450. The summed E-state index contributed by atoms with van der Waals surface area (Å²) in [7, 11) is 1.73. The number of carbonyl (C=O) groups is 1. The molecule has 3 aromatic rings. The summed E-state index contributed by atoms with van der Waals surface area (Å²) in [5.41, 5.74) is 4.83. The number of ether oxygens (including phenoxy) is 1. The summed E-state index contributed by atoms with van der Waals surface area (Å²) in [4.78, 5) is 21.6. The van der Waals surface area contributed by atoms with Gasteiger partial charge in [0.1, 0.15) is 5.75 Å². The summed E-state index contributed by atoms with van der Waals surface area (Å²) in [6, 6.07) is 17.1. The van der Waals surface area contributed by atoms with Crippen LogP contribution in [0, 0.1) is 24.2 Å². The van der Waals surface area contributed by atoms with Gasteiger partial charge in [-0.1, -0.05) is 31.0 Å². The number of rotatable bonds is 10. The molecular formula is C33H37N5O2. The molecule has 0 spiro atoms. The van der Waals surface area contributed by atoms with E-state index in [2.05, 4.69) is 26.7 Å². The van der Waals surface area contributed by atoms with Crippen molar-refractivity contribution in [3.8, 4) is 11.8 Å². The number of nitrogens with one attached hydrogen (secondary N) is 2. The third-order valence-electron chi connectivity index (χ3n) is 7.31. The van der Waals surface area contributed by atoms with Crippen molar-refractivity contribution in [1.82, 2.24) is 4.98 Å². The van der Waals surface area contributed by atoms with E-state index in [1.54, 1.807) is 43.9 Å². The molecule has 7 nitrogen and oxygen atoms in total. The highest BCUT2D eigenvalue weighted by Gasteiger charge is 2.21. The predicted molar refractivity (Wildman–Crippen MR) is 162 cm³/mol. The first kappa shape index (κ1) is 28.6. The number of hydrogen-bond donors (Lipinski definition) is 2. The van der Waals surface area contributed by atoms with E-state index >= 15 is 0 Å². The van der Waals surface area contributed by atoms with Crippen molar-refractivity contribution in [3.05, 3.63) is 89.4 Å². The molecule has 0 atom stereocenters. The summed E-state index contributed by atoms with van der Waals surface area (Å²) >= 11 is 0. The summed E-state index contributed by atoms with van der Waals surface area (Å²) in [6.45, 7) is 6.38. The molecule has 1 aliphatic rings. The van der Waals surface area contributed by atoms with Crippen LogP contribution in [0.1, 0.15) is 66.6 Å². The Balaban J connectivity index is 1.52. The van der Waals surface area contributed by atoms with Gasteiger partial charge in [0.05, 0.1) is 18.1 Å². The number of nitriles is 1. The Labute approximate surface area is 237 Å². The number of anilines is 2. The fraction of sp³-hybridized carbons (Fsp3) is 0.333. The number of aliphatic imine (C=N–C) groups is 1. The lowest BCUT2D eigenvalue weighted by molar-refractivity contribution is 0.102. The molecule has 1 amide bonds. The zero-order valence-corrected chi connectivity index (χ0v) is 23.7. The van der Waals surface area contributed by atoms with Gasteiger partial charge in [-0.05, 0) is 81.0 Å². The minimum atomic E-state index is -0.682. The van der Waals surface area contributed by atoms with Gasteiger partial charge in [-0.15, -0.1) is 0 Å². The fourth-order valence-electron chi connectivity index (χ4n) is 4.76. The maximum atomic E-state index is 13.0. The third-order valence-corrected chi connectivity index (χ3v) is 7.31. The largest absolute Gasteiger partial charge is 0.493 e. The van der Waals surface area contributed by atoms with Crippen molar-refractivity contribution in [2.24, 2.45) is 10.9 Å². The van der Waals surface area contributed by atoms with E-state index in [0.717, 1.165) is 33.7 Å². The number of hydrogen-bond acceptors (Lipinski definition) is 6. The standard InChI is InChI=1S/C33H37N5O2/c1-23-12-13-28(38-32(39)25-10-7-11-27(16-25)33(2,3)22-34)17-30(23)37-19-26(18-35-4)29-20-36-15-14-31(29)40-21-24-8-5-6-9-24/h7,10-20,24,37H,5-6,8-9,21H2,1-4H3,(H,38,39)/b26-19+,35-18?. The van der Waals surface area contributed by atoms with E-state index in [9.17, 15) is 10.1 Å². The van der Waals surface area contributed by atoms with Crippen molar-refractivity contribution in [1.29, 1.82) is 5.26 Å². The quantitative estimate of drug-likeness (QED) is 0.268. The van der Waals surface area contributed by atoms with Gasteiger partial charge in [0.2, 0.25) is 0 Å². The molecule has 206 valence electrons. The molecule has 0 radical (unpaired) electrons. The molecule has 4 rings (SSSR count). The van der Waals surface area contributed by atoms with Crippen LogP contribution >= 0.6 is 0 Å². The lowest BCUT2D eigenvalue weighted by atomic mass is 9.85. The topological polar surface area (TPSA) is 99.4 Å². The Morgan fingerprint density at radius 3 is 2.75 bits per heavy atom. The number of pyridine rings is 1. The first-order valence-electron chi connectivity index (χ1n) is 13.7. The van der Waals surface area contributed by atoms with Gasteiger partial charge in [0.25, 0.3) is 5.91 Å². The zero-order chi connectivity index (χ0) is 28.5. The van der Waals surface area contributed by atoms with Gasteiger partial charge in [0.15, 0.2) is 0 Å². The number of carbonyl (C=O) groups excluding carboxylic acids is 1. The fourth-order valence-corrected chi connectivity index (χ4v) is 4.76. The van der Waals surface area contributed by atoms with E-state index < -0.39 is 5.41 Å². The molecule has 0 saturated heterocycles. The number of aromatic nitrogens is 1. The number of amides is 1. The smallest absolute Gasteiger partial charge is 0.255 e. The second kappa shape index (κ2) is 13.1. The number of allylic oxidation sites excluding steroid dienone is 1. The van der Waals surface area contributed by atoms with Crippen LogP contribution in [-0.4, -0.2) is 30.8 Å². The summed E-state index contributed by atoms with van der Waals surface area (Å²) in [6.07, 6.45) is 12.2. The molecule has 1 aromatic heterocycles. The normalized spacial score (nSPS) is 14.2. The first-order chi connectivity index (χ1) is 19.3. The van der Waals surface area contributed by atoms with Crippen LogP contribution in [0.3, 0.4) is 0 Å². The first-order valence-corrected chi connectivity index (χ1v) is 13.7. The van der Waals surface area contributed by atoms with Crippen molar-refractivity contribution >= 4 is 29.1 Å². The van der Waals surface area contributed by atoms with Crippen LogP contribution in [0.2, 0.25) is 0 Å². The van der Waals surface area contributed by atoms with Crippen molar-refractivity contribution in [2.45, 2.75) is 51.9 Å². The molecule has 0 bridgehead atoms. The van der Waals surface area contributed by atoms with Crippen molar-refractivity contribution in [3.63, 3.8) is 0 Å². The number of benzene rings is 2. The molecule has 1 aliphatic carbocycles. The Kier molecular flexibility index (Phi) is 9.34. The highest BCUT2D eigenvalue weighted by molar-refractivity contribution is 6.11. The van der Waals surface area contributed by atoms with Crippen LogP contribution < -0.4 is 15.4 Å². The summed E-state index contributed by atoms with van der Waals surface area (Å²) in [5.74, 6) is 1.15. The second-order valence-corrected chi connectivity index (χ2v) is 10.8. The average molecular weight is 536 g/mol. The van der Waals surface area contributed by atoms with Gasteiger partial charge in [-0.25, -0.2) is 0 Å². The maximum Gasteiger partial charge on any atom is 0.255 e. The molecule has 2 aromatic carbocycles. The van der Waals surface area contributed by atoms with Crippen LogP contribution in [-0.2, 0) is 5.41 Å². The zero-order valence-electron chi connectivity index (χ0n) is 23.7. The van der Waals surface area contributed by atoms with Crippen LogP contribution in [0.5, 0.6) is 5.75 Å². The van der Waals surface area contributed by atoms with Crippen molar-refractivity contribution in [2.75, 3.05) is 24.3 Å². The summed E-state index contributed by atoms with van der Waals surface area (Å²) in [5, 5.41) is 15.8. The molecule has 7 heteroatoms. The average Bonchev–Trinajstić information content (AvgIpc) is 3.49. The van der Waals surface area contributed by atoms with Crippen molar-refractivity contribution < 1.29 is 9.53 Å². The monoisotopic (exact) mass is 535 g/mol. The molecular weight excluding hydrogens is 498 g/mol. The van der Waals surface area contributed by atoms with Crippen LogP contribution in [0.25, 0.3) is 5.57 Å². The minimum Gasteiger partial charge on any atom is -0.493 e. The number of nitrogens with zero attached hydrogens (tertiary/aromatic N) is 3. The molecule has 1 fully saturated rings. The molecule has 40 heavy (non-hydrogen) atoms. The van der Waals surface area contributed by atoms with Gasteiger partial charge < -0.3 is 15.4 Å². The minimum absolute atomic E-state index is 0.237. The highest BCUT2D eigenvalue weighted by atomic mass is 16.5. The van der Waals surface area contributed by atoms with Gasteiger partial charge >= 0.3 is 0 Å². The van der Waals surface area contributed by atoms with Gasteiger partial charge in [-0.2, -0.15) is 5.26 Å². The highest BCUT2D eigenvalue weighted by Crippen LogP contribution is 2.30. The van der Waals surface area contributed by atoms with E-state index in [0.29, 0.717) is 23.8 Å². The molecule has 1 saturated carbocycles. The lowest BCUT2D eigenvalue weighted by Gasteiger charge is -2.17. The molecule has 1 heterocycles. The second-order valence-electron chi connectivity index (χ2n) is 10.8. The SMILES string of the molecule is CN=C/C(=C\Nc1cc(NC(=O)c2cccc(C(C)(C)C#N)c2)ccc1C)c1cnccc1OCC1CCCC1. The van der Waals surface area contributed by atoms with E-state index in [1.165, 1.54) is 25.7 Å². The van der Waals surface area contributed by atoms with E-state index in [4.69, 9.17) is 4.74 Å². The molecule has 0 unspecified atom stereocenters. The molecule has 2 N–H and O–H groups in total. The Hall–Kier alpha value is -4.44. The Morgan fingerprint density at radius 2 is 2.00 bits per heavy atom. The van der Waals surface area contributed by atoms with Crippen LogP contribution in [0.4, 0.5) is 11.4 Å². The van der Waals surface area contributed by atoms with Gasteiger partial charge in [-0.3, -0.25) is 14.8 Å². The van der Waals surface area contributed by atoms with Gasteiger partial charge in [0, 0.05) is 59.9 Å². The lowest BCUT2D eigenvalue weighted by Crippen LogP contribution is -2.17. The third kappa shape index (κ3) is 7.15. The van der Waals surface area contributed by atoms with Crippen LogP contribution in [0.15, 0.2) is 72.1 Å². The van der Waals surface area contributed by atoms with E-state index in [-0.39, 0.29) is 5.91 Å². The maximum absolute atomic E-state index is 13.0. The van der Waals surface area contributed by atoms with E-state index in [1.807, 2.05) is 57.3 Å².